The van der Waals surface area contributed by atoms with Gasteiger partial charge in [-0.1, -0.05) is 25.1 Å². The van der Waals surface area contributed by atoms with Crippen LogP contribution in [0, 0.1) is 0 Å². The van der Waals surface area contributed by atoms with Gasteiger partial charge in [0.2, 0.25) is 0 Å². The molecule has 3 rings (SSSR count). The summed E-state index contributed by atoms with van der Waals surface area (Å²) in [6.45, 7) is 3.29. The SMILES string of the molecule is CCc1ccnc(CN=C(N)NC2CCOc3ccccc32)c1. The lowest BCUT2D eigenvalue weighted by molar-refractivity contribution is 0.262. The van der Waals surface area contributed by atoms with Gasteiger partial charge in [-0.3, -0.25) is 4.98 Å². The highest BCUT2D eigenvalue weighted by atomic mass is 16.5. The summed E-state index contributed by atoms with van der Waals surface area (Å²) in [6.07, 6.45) is 3.69. The molecule has 0 bridgehead atoms. The molecule has 120 valence electrons. The molecule has 5 heteroatoms. The van der Waals surface area contributed by atoms with Gasteiger partial charge < -0.3 is 15.8 Å². The van der Waals surface area contributed by atoms with Crippen LogP contribution in [0.2, 0.25) is 0 Å². The van der Waals surface area contributed by atoms with Crippen LogP contribution in [0.4, 0.5) is 0 Å². The topological polar surface area (TPSA) is 72.5 Å². The second kappa shape index (κ2) is 7.13. The number of aromatic nitrogens is 1. The molecule has 1 unspecified atom stereocenters. The van der Waals surface area contributed by atoms with E-state index in [0.29, 0.717) is 19.1 Å². The Bertz CT molecular complexity index is 699. The Morgan fingerprint density at radius 2 is 2.26 bits per heavy atom. The standard InChI is InChI=1S/C18H22N4O/c1-2-13-7-9-20-14(11-13)12-21-18(19)22-16-8-10-23-17-6-4-3-5-15(16)17/h3-7,9,11,16H,2,8,10,12H2,1H3,(H3,19,21,22). The van der Waals surface area contributed by atoms with Crippen molar-refractivity contribution in [1.82, 2.24) is 10.3 Å². The smallest absolute Gasteiger partial charge is 0.189 e. The molecule has 1 atom stereocenters. The van der Waals surface area contributed by atoms with Crippen LogP contribution < -0.4 is 15.8 Å². The number of nitrogens with one attached hydrogen (secondary N) is 1. The average Bonchev–Trinajstić information content (AvgIpc) is 2.60. The van der Waals surface area contributed by atoms with Crippen molar-refractivity contribution in [3.05, 3.63) is 59.4 Å². The minimum Gasteiger partial charge on any atom is -0.493 e. The molecule has 0 saturated heterocycles. The number of hydrogen-bond donors (Lipinski definition) is 2. The third-order valence-corrected chi connectivity index (χ3v) is 3.98. The molecule has 1 aromatic heterocycles. The molecular weight excluding hydrogens is 288 g/mol. The number of benzene rings is 1. The van der Waals surface area contributed by atoms with E-state index in [9.17, 15) is 0 Å². The van der Waals surface area contributed by atoms with E-state index >= 15 is 0 Å². The van der Waals surface area contributed by atoms with Crippen molar-refractivity contribution >= 4 is 5.96 Å². The number of hydrogen-bond acceptors (Lipinski definition) is 3. The van der Waals surface area contributed by atoms with Crippen LogP contribution in [0.3, 0.4) is 0 Å². The maximum atomic E-state index is 6.05. The van der Waals surface area contributed by atoms with Gasteiger partial charge in [0, 0.05) is 18.2 Å². The number of para-hydroxylation sites is 1. The summed E-state index contributed by atoms with van der Waals surface area (Å²) in [5, 5.41) is 3.29. The fourth-order valence-corrected chi connectivity index (χ4v) is 2.72. The summed E-state index contributed by atoms with van der Waals surface area (Å²) in [4.78, 5) is 8.75. The van der Waals surface area contributed by atoms with E-state index in [-0.39, 0.29) is 6.04 Å². The van der Waals surface area contributed by atoms with Crippen LogP contribution in [-0.4, -0.2) is 17.6 Å². The second-order valence-corrected chi connectivity index (χ2v) is 5.58. The van der Waals surface area contributed by atoms with Crippen molar-refractivity contribution in [2.45, 2.75) is 32.4 Å². The summed E-state index contributed by atoms with van der Waals surface area (Å²) >= 11 is 0. The van der Waals surface area contributed by atoms with Gasteiger partial charge >= 0.3 is 0 Å². The second-order valence-electron chi connectivity index (χ2n) is 5.58. The Hall–Kier alpha value is -2.56. The number of ether oxygens (including phenoxy) is 1. The normalized spacial score (nSPS) is 17.3. The molecule has 1 aliphatic heterocycles. The van der Waals surface area contributed by atoms with E-state index in [0.717, 1.165) is 29.8 Å². The van der Waals surface area contributed by atoms with Gasteiger partial charge in [-0.15, -0.1) is 0 Å². The first-order valence-electron chi connectivity index (χ1n) is 7.98. The summed E-state index contributed by atoms with van der Waals surface area (Å²) in [5.74, 6) is 1.36. The zero-order valence-electron chi connectivity index (χ0n) is 13.3. The third-order valence-electron chi connectivity index (χ3n) is 3.98. The van der Waals surface area contributed by atoms with Gasteiger partial charge in [-0.05, 0) is 30.2 Å². The Morgan fingerprint density at radius 3 is 3.13 bits per heavy atom. The Labute approximate surface area is 136 Å². The number of nitrogens with two attached hydrogens (primary N) is 1. The average molecular weight is 310 g/mol. The lowest BCUT2D eigenvalue weighted by Gasteiger charge is -2.26. The lowest BCUT2D eigenvalue weighted by Crippen LogP contribution is -2.37. The molecule has 23 heavy (non-hydrogen) atoms. The first-order chi connectivity index (χ1) is 11.3. The fourth-order valence-electron chi connectivity index (χ4n) is 2.72. The van der Waals surface area contributed by atoms with Crippen molar-refractivity contribution in [3.63, 3.8) is 0 Å². The molecule has 1 aliphatic rings. The van der Waals surface area contributed by atoms with Crippen LogP contribution in [0.25, 0.3) is 0 Å². The van der Waals surface area contributed by atoms with Crippen molar-refractivity contribution in [2.24, 2.45) is 10.7 Å². The van der Waals surface area contributed by atoms with Crippen molar-refractivity contribution in [3.8, 4) is 5.75 Å². The molecule has 0 spiro atoms. The van der Waals surface area contributed by atoms with Crippen molar-refractivity contribution in [1.29, 1.82) is 0 Å². The fraction of sp³-hybridized carbons (Fsp3) is 0.333. The van der Waals surface area contributed by atoms with Gasteiger partial charge in [0.15, 0.2) is 5.96 Å². The number of aryl methyl sites for hydroxylation is 1. The van der Waals surface area contributed by atoms with Crippen LogP contribution in [-0.2, 0) is 13.0 Å². The predicted octanol–water partition coefficient (Wildman–Crippen LogP) is 2.57. The Morgan fingerprint density at radius 1 is 1.39 bits per heavy atom. The summed E-state index contributed by atoms with van der Waals surface area (Å²) in [5.41, 5.74) is 9.37. The minimum atomic E-state index is 0.138. The number of fused-ring (bicyclic) bond motifs is 1. The predicted molar refractivity (Wildman–Crippen MR) is 91.4 cm³/mol. The van der Waals surface area contributed by atoms with E-state index in [4.69, 9.17) is 10.5 Å². The molecule has 0 aliphatic carbocycles. The highest BCUT2D eigenvalue weighted by molar-refractivity contribution is 5.78. The van der Waals surface area contributed by atoms with Crippen LogP contribution in [0.1, 0.15) is 36.2 Å². The molecule has 0 amide bonds. The summed E-state index contributed by atoms with van der Waals surface area (Å²) < 4.78 is 5.66. The number of rotatable bonds is 4. The number of guanidine groups is 1. The van der Waals surface area contributed by atoms with Crippen molar-refractivity contribution < 1.29 is 4.74 Å². The van der Waals surface area contributed by atoms with E-state index in [1.54, 1.807) is 0 Å². The molecule has 1 aromatic carbocycles. The molecule has 5 nitrogen and oxygen atoms in total. The zero-order valence-corrected chi connectivity index (χ0v) is 13.3. The van der Waals surface area contributed by atoms with Gasteiger partial charge in [-0.25, -0.2) is 4.99 Å². The molecule has 0 radical (unpaired) electrons. The van der Waals surface area contributed by atoms with Gasteiger partial charge in [0.1, 0.15) is 5.75 Å². The highest BCUT2D eigenvalue weighted by Crippen LogP contribution is 2.31. The van der Waals surface area contributed by atoms with Gasteiger partial charge in [0.05, 0.1) is 24.9 Å². The first-order valence-corrected chi connectivity index (χ1v) is 7.98. The molecule has 0 saturated carbocycles. The molecular formula is C18H22N4O. The van der Waals surface area contributed by atoms with E-state index in [1.165, 1.54) is 5.56 Å². The molecule has 2 heterocycles. The molecule has 0 fully saturated rings. The van der Waals surface area contributed by atoms with Crippen LogP contribution in [0.15, 0.2) is 47.6 Å². The van der Waals surface area contributed by atoms with Crippen LogP contribution in [0.5, 0.6) is 5.75 Å². The number of nitrogens with zero attached hydrogens (tertiary/aromatic N) is 2. The van der Waals surface area contributed by atoms with E-state index in [1.807, 2.05) is 30.5 Å². The first kappa shape index (κ1) is 15.3. The summed E-state index contributed by atoms with van der Waals surface area (Å²) in [7, 11) is 0. The zero-order chi connectivity index (χ0) is 16.1. The van der Waals surface area contributed by atoms with Gasteiger partial charge in [-0.2, -0.15) is 0 Å². The molecule has 2 aromatic rings. The van der Waals surface area contributed by atoms with Crippen molar-refractivity contribution in [2.75, 3.05) is 6.61 Å². The van der Waals surface area contributed by atoms with E-state index < -0.39 is 0 Å². The largest absolute Gasteiger partial charge is 0.493 e. The number of aliphatic imine (C=N–C) groups is 1. The lowest BCUT2D eigenvalue weighted by atomic mass is 10.0. The Kier molecular flexibility index (Phi) is 4.76. The van der Waals surface area contributed by atoms with Gasteiger partial charge in [0.25, 0.3) is 0 Å². The minimum absolute atomic E-state index is 0.138. The maximum absolute atomic E-state index is 6.05. The monoisotopic (exact) mass is 310 g/mol. The third kappa shape index (κ3) is 3.80. The Balaban J connectivity index is 1.66. The summed E-state index contributed by atoms with van der Waals surface area (Å²) in [6, 6.07) is 12.3. The quantitative estimate of drug-likeness (QED) is 0.672. The molecule has 3 N–H and O–H groups in total. The maximum Gasteiger partial charge on any atom is 0.189 e. The highest BCUT2D eigenvalue weighted by Gasteiger charge is 2.21. The van der Waals surface area contributed by atoms with E-state index in [2.05, 4.69) is 34.3 Å². The van der Waals surface area contributed by atoms with Crippen LogP contribution >= 0.6 is 0 Å². The number of pyridine rings is 1.